The molecule has 0 aromatic carbocycles. The molecule has 1 unspecified atom stereocenters. The van der Waals surface area contributed by atoms with Crippen LogP contribution in [0.1, 0.15) is 39.5 Å². The minimum atomic E-state index is -0.602. The maximum atomic E-state index is 11.4. The molecule has 1 rings (SSSR count). The van der Waals surface area contributed by atoms with Crippen LogP contribution in [-0.2, 0) is 14.3 Å². The average Bonchev–Trinajstić information content (AvgIpc) is 2.36. The fourth-order valence-electron chi connectivity index (χ4n) is 1.85. The van der Waals surface area contributed by atoms with Crippen molar-refractivity contribution in [3.8, 4) is 0 Å². The molecule has 1 heterocycles. The number of primary amides is 1. The number of unbranched alkanes of at least 4 members (excludes halogenated alkanes) is 1. The number of hydrogen-bond donors (Lipinski definition) is 1. The first-order valence-electron chi connectivity index (χ1n) is 6.59. The van der Waals surface area contributed by atoms with Gasteiger partial charge in [0.15, 0.2) is 6.10 Å². The molecule has 18 heavy (non-hydrogen) atoms. The molecule has 0 aliphatic carbocycles. The van der Waals surface area contributed by atoms with Crippen molar-refractivity contribution in [1.29, 1.82) is 0 Å². The minimum Gasteiger partial charge on any atom is -0.461 e. The molecule has 0 spiro atoms. The summed E-state index contributed by atoms with van der Waals surface area (Å²) in [4.78, 5) is 11.4. The molecule has 0 saturated carbocycles. The predicted molar refractivity (Wildman–Crippen MR) is 70.5 cm³/mol. The molecule has 1 aliphatic heterocycles. The molecule has 2 atom stereocenters. The molecule has 2 N–H and O–H groups in total. The second-order valence-electron chi connectivity index (χ2n) is 4.72. The lowest BCUT2D eigenvalue weighted by molar-refractivity contribution is -0.131. The lowest BCUT2D eigenvalue weighted by atomic mass is 9.97. The van der Waals surface area contributed by atoms with Gasteiger partial charge in [0.25, 0.3) is 11.9 Å². The van der Waals surface area contributed by atoms with E-state index >= 15 is 0 Å². The van der Waals surface area contributed by atoms with E-state index in [0.29, 0.717) is 24.9 Å². The third kappa shape index (κ3) is 5.25. The van der Waals surface area contributed by atoms with Crippen LogP contribution in [0.2, 0.25) is 0 Å². The van der Waals surface area contributed by atoms with Crippen molar-refractivity contribution in [2.75, 3.05) is 6.61 Å². The van der Waals surface area contributed by atoms with Crippen molar-refractivity contribution >= 4 is 5.91 Å². The Morgan fingerprint density at radius 3 is 2.94 bits per heavy atom. The number of hydrogen-bond acceptors (Lipinski definition) is 3. The molecule has 0 fully saturated rings. The van der Waals surface area contributed by atoms with Gasteiger partial charge in [0.05, 0.1) is 0 Å². The van der Waals surface area contributed by atoms with Crippen molar-refractivity contribution in [1.82, 2.24) is 0 Å². The topological polar surface area (TPSA) is 61.6 Å². The summed E-state index contributed by atoms with van der Waals surface area (Å²) in [5, 5.41) is 0. The van der Waals surface area contributed by atoms with Crippen LogP contribution in [0.4, 0.5) is 0 Å². The number of rotatable bonds is 8. The molecular weight excluding hydrogens is 230 g/mol. The summed E-state index contributed by atoms with van der Waals surface area (Å²) in [7, 11) is 0. The zero-order valence-electron chi connectivity index (χ0n) is 11.2. The summed E-state index contributed by atoms with van der Waals surface area (Å²) < 4.78 is 10.8. The van der Waals surface area contributed by atoms with Crippen molar-refractivity contribution in [2.45, 2.75) is 45.6 Å². The van der Waals surface area contributed by atoms with Crippen LogP contribution in [0.5, 0.6) is 0 Å². The maximum absolute atomic E-state index is 11.4. The minimum absolute atomic E-state index is 0.379. The Bertz CT molecular complexity index is 323. The molecule has 4 heteroatoms. The molecule has 1 aliphatic rings. The monoisotopic (exact) mass is 253 g/mol. The first-order chi connectivity index (χ1) is 8.63. The van der Waals surface area contributed by atoms with Crippen molar-refractivity contribution in [3.05, 3.63) is 24.2 Å². The molecule has 0 aromatic heterocycles. The maximum Gasteiger partial charge on any atom is 0.280 e. The van der Waals surface area contributed by atoms with Gasteiger partial charge in [0.2, 0.25) is 0 Å². The highest BCUT2D eigenvalue weighted by atomic mass is 16.7. The summed E-state index contributed by atoms with van der Waals surface area (Å²) in [5.74, 6) is 0.364. The summed E-state index contributed by atoms with van der Waals surface area (Å²) >= 11 is 0. The fraction of sp³-hybridized carbons (Fsp3) is 0.643. The van der Waals surface area contributed by atoms with Crippen molar-refractivity contribution < 1.29 is 14.3 Å². The van der Waals surface area contributed by atoms with E-state index in [1.807, 2.05) is 12.2 Å². The first kappa shape index (κ1) is 14.6. The largest absolute Gasteiger partial charge is 0.461 e. The van der Waals surface area contributed by atoms with Crippen LogP contribution in [0, 0.1) is 5.92 Å². The Kier molecular flexibility index (Phi) is 6.33. The molecular formula is C14H23NO3. The second-order valence-corrected chi connectivity index (χ2v) is 4.72. The number of allylic oxidation sites excluding steroid dienone is 2. The Hall–Kier alpha value is -1.45. The van der Waals surface area contributed by atoms with Gasteiger partial charge in [-0.3, -0.25) is 4.79 Å². The van der Waals surface area contributed by atoms with Crippen LogP contribution >= 0.6 is 0 Å². The Morgan fingerprint density at radius 1 is 1.61 bits per heavy atom. The Balaban J connectivity index is 2.46. The summed E-state index contributed by atoms with van der Waals surface area (Å²) in [6.45, 7) is 4.75. The standard InChI is InChI=1S/C14H23NO3/c1-3-4-7-11(2)10-12(14(15)16)18-13-8-5-6-9-17-13/h5-6,8,11-12H,3-4,7,9-10H2,1-2H3,(H2,15,16)/t11-,12?/m0/s1. The SMILES string of the molecule is CCCC[C@H](C)CC(OC1=CC=CCO1)C(N)=O. The number of amides is 1. The van der Waals surface area contributed by atoms with Gasteiger partial charge < -0.3 is 15.2 Å². The fourth-order valence-corrected chi connectivity index (χ4v) is 1.85. The summed E-state index contributed by atoms with van der Waals surface area (Å²) in [6.07, 6.45) is 8.86. The molecule has 1 amide bonds. The van der Waals surface area contributed by atoms with Gasteiger partial charge in [-0.25, -0.2) is 0 Å². The molecule has 0 radical (unpaired) electrons. The molecule has 0 bridgehead atoms. The van der Waals surface area contributed by atoms with Gasteiger partial charge in [-0.1, -0.05) is 39.2 Å². The summed E-state index contributed by atoms with van der Waals surface area (Å²) in [5.41, 5.74) is 5.37. The predicted octanol–water partition coefficient (Wildman–Crippen LogP) is 2.50. The molecule has 102 valence electrons. The van der Waals surface area contributed by atoms with E-state index < -0.39 is 12.0 Å². The van der Waals surface area contributed by atoms with Crippen molar-refractivity contribution in [2.24, 2.45) is 11.7 Å². The number of nitrogens with two attached hydrogens (primary N) is 1. The van der Waals surface area contributed by atoms with E-state index in [1.165, 1.54) is 0 Å². The van der Waals surface area contributed by atoms with Gasteiger partial charge >= 0.3 is 0 Å². The van der Waals surface area contributed by atoms with Crippen LogP contribution in [0.15, 0.2) is 24.2 Å². The number of carbonyl (C=O) groups is 1. The van der Waals surface area contributed by atoms with E-state index in [-0.39, 0.29) is 0 Å². The number of carbonyl (C=O) groups excluding carboxylic acids is 1. The zero-order chi connectivity index (χ0) is 13.4. The second kappa shape index (κ2) is 7.80. The van der Waals surface area contributed by atoms with Crippen molar-refractivity contribution in [3.63, 3.8) is 0 Å². The normalized spacial score (nSPS) is 17.6. The van der Waals surface area contributed by atoms with E-state index in [1.54, 1.807) is 6.08 Å². The van der Waals surface area contributed by atoms with Gasteiger partial charge in [-0.15, -0.1) is 0 Å². The van der Waals surface area contributed by atoms with E-state index in [9.17, 15) is 4.79 Å². The molecule has 0 saturated heterocycles. The third-order valence-electron chi connectivity index (χ3n) is 2.93. The lowest BCUT2D eigenvalue weighted by Gasteiger charge is -2.21. The Labute approximate surface area is 109 Å². The third-order valence-corrected chi connectivity index (χ3v) is 2.93. The van der Waals surface area contributed by atoms with Crippen LogP contribution in [-0.4, -0.2) is 18.6 Å². The number of ether oxygens (including phenoxy) is 2. The highest BCUT2D eigenvalue weighted by molar-refractivity contribution is 5.78. The van der Waals surface area contributed by atoms with E-state index in [4.69, 9.17) is 15.2 Å². The van der Waals surface area contributed by atoms with Gasteiger partial charge in [-0.2, -0.15) is 0 Å². The van der Waals surface area contributed by atoms with Crippen LogP contribution in [0.3, 0.4) is 0 Å². The van der Waals surface area contributed by atoms with E-state index in [2.05, 4.69) is 13.8 Å². The quantitative estimate of drug-likeness (QED) is 0.723. The molecule has 4 nitrogen and oxygen atoms in total. The smallest absolute Gasteiger partial charge is 0.280 e. The highest BCUT2D eigenvalue weighted by Gasteiger charge is 2.22. The molecule has 0 aromatic rings. The summed E-state index contributed by atoms with van der Waals surface area (Å²) in [6, 6.07) is 0. The van der Waals surface area contributed by atoms with Crippen LogP contribution in [0.25, 0.3) is 0 Å². The van der Waals surface area contributed by atoms with Gasteiger partial charge in [0.1, 0.15) is 6.61 Å². The van der Waals surface area contributed by atoms with Gasteiger partial charge in [-0.05, 0) is 18.4 Å². The zero-order valence-corrected chi connectivity index (χ0v) is 11.2. The average molecular weight is 253 g/mol. The lowest BCUT2D eigenvalue weighted by Crippen LogP contribution is -2.33. The highest BCUT2D eigenvalue weighted by Crippen LogP contribution is 2.19. The van der Waals surface area contributed by atoms with Crippen LogP contribution < -0.4 is 5.73 Å². The first-order valence-corrected chi connectivity index (χ1v) is 6.59. The van der Waals surface area contributed by atoms with Gasteiger partial charge in [0, 0.05) is 6.08 Å². The van der Waals surface area contributed by atoms with E-state index in [0.717, 1.165) is 19.3 Å². The Morgan fingerprint density at radius 2 is 2.39 bits per heavy atom.